The summed E-state index contributed by atoms with van der Waals surface area (Å²) in [6.07, 6.45) is 13.4. The third-order valence-electron chi connectivity index (χ3n) is 11.4. The van der Waals surface area contributed by atoms with Crippen molar-refractivity contribution in [3.8, 4) is 0 Å². The van der Waals surface area contributed by atoms with E-state index in [0.29, 0.717) is 30.3 Å². The number of hydrogen-bond donors (Lipinski definition) is 4. The molecule has 5 rings (SSSR count). The van der Waals surface area contributed by atoms with E-state index >= 15 is 0 Å². The van der Waals surface area contributed by atoms with E-state index in [2.05, 4.69) is 36.6 Å². The molecule has 43 heavy (non-hydrogen) atoms. The van der Waals surface area contributed by atoms with Crippen LogP contribution in [0.1, 0.15) is 91.4 Å². The Bertz CT molecular complexity index is 1120. The smallest absolute Gasteiger partial charge is 0.350 e. The van der Waals surface area contributed by atoms with Crippen LogP contribution in [0.15, 0.2) is 23.3 Å². The molecule has 0 aromatic carbocycles. The molecule has 3 aliphatic carbocycles. The summed E-state index contributed by atoms with van der Waals surface area (Å²) in [5, 5.41) is 14.9. The Balaban J connectivity index is 1.36. The van der Waals surface area contributed by atoms with Crippen molar-refractivity contribution in [2.24, 2.45) is 35.3 Å². The highest BCUT2D eigenvalue weighted by Crippen LogP contribution is 2.62. The topological polar surface area (TPSA) is 152 Å². The lowest BCUT2D eigenvalue weighted by Gasteiger charge is -2.37. The Hall–Kier alpha value is -1.91. The standard InChI is InChI=1S/C34H53N3O6/c1-4-22-12-13-28(36-5-2)24(16-22)20-42-32(41)34-31(40)27-9-7-6-8-26(27)30(39)33(34,43-34)18-25(19-38)21(3)10-11-23-14-15-37-29(35)17-23/h12-13,22-24,26-29,36-38H,4-11,14-20,35H2,1-3H3/p+2/t22-,23?,24-,26?,27?,28+,29?,33-,34-/m0/s1. The molecule has 7 N–H and O–H groups in total. The minimum Gasteiger partial charge on any atom is -0.463 e. The summed E-state index contributed by atoms with van der Waals surface area (Å²) in [6.45, 7) is 8.16. The largest absolute Gasteiger partial charge is 0.463 e. The van der Waals surface area contributed by atoms with Crippen molar-refractivity contribution in [3.05, 3.63) is 23.3 Å². The van der Waals surface area contributed by atoms with Gasteiger partial charge in [-0.25, -0.2) is 4.79 Å². The maximum Gasteiger partial charge on any atom is 0.350 e. The van der Waals surface area contributed by atoms with Crippen LogP contribution >= 0.6 is 0 Å². The number of nitrogens with two attached hydrogens (primary N) is 3. The molecule has 0 aromatic rings. The summed E-state index contributed by atoms with van der Waals surface area (Å²) in [7, 11) is 0. The van der Waals surface area contributed by atoms with Crippen LogP contribution in [0.3, 0.4) is 0 Å². The zero-order chi connectivity index (χ0) is 30.8. The number of allylic oxidation sites excluding steroid dienone is 2. The van der Waals surface area contributed by atoms with Gasteiger partial charge < -0.3 is 25.2 Å². The number of hydrogen-bond acceptors (Lipinski definition) is 7. The van der Waals surface area contributed by atoms with Gasteiger partial charge >= 0.3 is 5.97 Å². The number of esters is 1. The van der Waals surface area contributed by atoms with Crippen LogP contribution in [0.2, 0.25) is 0 Å². The van der Waals surface area contributed by atoms with Crippen molar-refractivity contribution >= 4 is 17.5 Å². The van der Waals surface area contributed by atoms with Crippen LogP contribution < -0.4 is 16.4 Å². The number of aliphatic hydroxyl groups excluding tert-OH is 1. The molecule has 0 amide bonds. The van der Waals surface area contributed by atoms with Gasteiger partial charge in [0.05, 0.1) is 19.7 Å². The number of likely N-dealkylation sites (N-methyl/N-ethyl adjacent to an activating group) is 1. The van der Waals surface area contributed by atoms with Gasteiger partial charge in [-0.2, -0.15) is 0 Å². The van der Waals surface area contributed by atoms with E-state index in [1.54, 1.807) is 0 Å². The van der Waals surface area contributed by atoms with Crippen LogP contribution in [0.5, 0.6) is 0 Å². The Labute approximate surface area is 256 Å². The molecular weight excluding hydrogens is 546 g/mol. The lowest BCUT2D eigenvalue weighted by Crippen LogP contribution is -2.94. The molecule has 4 unspecified atom stereocenters. The molecule has 0 radical (unpaired) electrons. The number of quaternary nitrogens is 2. The van der Waals surface area contributed by atoms with Crippen molar-refractivity contribution in [1.82, 2.24) is 0 Å². The van der Waals surface area contributed by atoms with Crippen molar-refractivity contribution in [3.63, 3.8) is 0 Å². The van der Waals surface area contributed by atoms with Gasteiger partial charge in [0.1, 0.15) is 18.8 Å². The summed E-state index contributed by atoms with van der Waals surface area (Å²) in [4.78, 5) is 42.4. The fraction of sp³-hybridized carbons (Fsp3) is 0.794. The van der Waals surface area contributed by atoms with Crippen molar-refractivity contribution in [1.29, 1.82) is 0 Å². The number of aliphatic hydroxyl groups is 1. The number of rotatable bonds is 12. The molecule has 5 aliphatic rings. The molecule has 0 aromatic heterocycles. The average molecular weight is 602 g/mol. The molecule has 9 heteroatoms. The molecule has 9 nitrogen and oxygen atoms in total. The monoisotopic (exact) mass is 601 g/mol. The van der Waals surface area contributed by atoms with E-state index in [1.165, 1.54) is 0 Å². The molecule has 240 valence electrons. The highest BCUT2D eigenvalue weighted by atomic mass is 16.7. The first-order valence-electron chi connectivity index (χ1n) is 17.1. The highest BCUT2D eigenvalue weighted by molar-refractivity contribution is 6.23. The molecular formula is C34H55N3O6+2. The van der Waals surface area contributed by atoms with Gasteiger partial charge in [0.15, 0.2) is 17.2 Å². The van der Waals surface area contributed by atoms with E-state index < -0.39 is 29.0 Å². The second kappa shape index (κ2) is 13.6. The summed E-state index contributed by atoms with van der Waals surface area (Å²) in [5.74, 6) is -0.985. The molecule has 9 atom stereocenters. The van der Waals surface area contributed by atoms with Gasteiger partial charge in [-0.1, -0.05) is 31.4 Å². The van der Waals surface area contributed by atoms with Crippen LogP contribution in [0, 0.1) is 29.6 Å². The first-order valence-corrected chi connectivity index (χ1v) is 17.1. The molecule has 0 spiro atoms. The number of carbonyl (C=O) groups is 3. The molecule has 0 bridgehead atoms. The first-order chi connectivity index (χ1) is 20.7. The molecule has 4 fully saturated rings. The van der Waals surface area contributed by atoms with Gasteiger partial charge in [0, 0.05) is 30.6 Å². The van der Waals surface area contributed by atoms with Crippen molar-refractivity contribution in [2.75, 3.05) is 26.3 Å². The lowest BCUT2D eigenvalue weighted by atomic mass is 9.60. The Kier molecular flexibility index (Phi) is 10.3. The average Bonchev–Trinajstić information content (AvgIpc) is 3.72. The van der Waals surface area contributed by atoms with Gasteiger partial charge in [-0.15, -0.1) is 0 Å². The van der Waals surface area contributed by atoms with Crippen molar-refractivity contribution in [2.45, 2.75) is 115 Å². The van der Waals surface area contributed by atoms with E-state index in [4.69, 9.17) is 15.2 Å². The quantitative estimate of drug-likeness (QED) is 0.114. The van der Waals surface area contributed by atoms with E-state index in [9.17, 15) is 19.5 Å². The first kappa shape index (κ1) is 32.5. The summed E-state index contributed by atoms with van der Waals surface area (Å²) in [6, 6.07) is 0.206. The van der Waals surface area contributed by atoms with E-state index in [-0.39, 0.29) is 49.3 Å². The van der Waals surface area contributed by atoms with E-state index in [0.717, 1.165) is 70.0 Å². The third kappa shape index (κ3) is 6.17. The Morgan fingerprint density at radius 3 is 2.56 bits per heavy atom. The van der Waals surface area contributed by atoms with Gasteiger partial charge in [0.2, 0.25) is 0 Å². The van der Waals surface area contributed by atoms with Crippen LogP contribution in [-0.2, 0) is 23.9 Å². The molecule has 2 saturated heterocycles. The summed E-state index contributed by atoms with van der Waals surface area (Å²) >= 11 is 0. The Morgan fingerprint density at radius 2 is 1.88 bits per heavy atom. The van der Waals surface area contributed by atoms with Crippen molar-refractivity contribution < 1.29 is 39.6 Å². The lowest BCUT2D eigenvalue weighted by molar-refractivity contribution is -0.699. The number of fused-ring (bicyclic) bond motifs is 2. The number of epoxide rings is 1. The zero-order valence-electron chi connectivity index (χ0n) is 26.5. The van der Waals surface area contributed by atoms with Gasteiger partial charge in [-0.05, 0) is 82.3 Å². The maximum atomic E-state index is 14.2. The van der Waals surface area contributed by atoms with Crippen LogP contribution in [-0.4, -0.2) is 72.4 Å². The van der Waals surface area contributed by atoms with Crippen LogP contribution in [0.25, 0.3) is 0 Å². The van der Waals surface area contributed by atoms with E-state index in [1.807, 2.05) is 6.92 Å². The number of Topliss-reactive ketones (excluding diaryl/α,β-unsaturated/α-hetero) is 2. The predicted molar refractivity (Wildman–Crippen MR) is 161 cm³/mol. The fourth-order valence-corrected chi connectivity index (χ4v) is 8.61. The molecule has 2 saturated carbocycles. The zero-order valence-corrected chi connectivity index (χ0v) is 26.5. The fourth-order valence-electron chi connectivity index (χ4n) is 8.61. The summed E-state index contributed by atoms with van der Waals surface area (Å²) < 4.78 is 12.2. The number of ether oxygens (including phenoxy) is 2. The number of piperidine rings is 1. The normalized spacial score (nSPS) is 39.5. The van der Waals surface area contributed by atoms with Crippen LogP contribution in [0.4, 0.5) is 0 Å². The summed E-state index contributed by atoms with van der Waals surface area (Å²) in [5.41, 5.74) is 4.38. The second-order valence-corrected chi connectivity index (χ2v) is 14.0. The van der Waals surface area contributed by atoms with Gasteiger partial charge in [0.25, 0.3) is 5.60 Å². The highest BCUT2D eigenvalue weighted by Gasteiger charge is 2.87. The maximum absolute atomic E-state index is 14.2. The predicted octanol–water partition coefficient (Wildman–Crippen LogP) is 1.29. The minimum absolute atomic E-state index is 0.0620. The molecule has 2 aliphatic heterocycles. The third-order valence-corrected chi connectivity index (χ3v) is 11.4. The Morgan fingerprint density at radius 1 is 1.14 bits per heavy atom. The second-order valence-electron chi connectivity index (χ2n) is 14.0. The number of carbonyl (C=O) groups excluding carboxylic acids is 3. The SMILES string of the molecule is CC[NH2+][C@@H]1C=C[C@H](CC)C[C@H]1COC(=O)[C@]12O[C@@]1(CC(CO)=C(C)CCC1CC[NH2+]C(N)C1)C(=O)C1CCCCC1C2=O. The molecule has 2 heterocycles. The minimum atomic E-state index is -1.89. The van der Waals surface area contributed by atoms with Gasteiger partial charge in [-0.3, -0.25) is 15.3 Å². The number of ketones is 2.